The highest BCUT2D eigenvalue weighted by atomic mass is 16.5. The van der Waals surface area contributed by atoms with E-state index in [2.05, 4.69) is 82.6 Å². The molecule has 3 aliphatic heterocycles. The number of benzene rings is 2. The van der Waals surface area contributed by atoms with Gasteiger partial charge in [-0.3, -0.25) is 9.59 Å². The average molecular weight is 736 g/mol. The number of amides is 3. The minimum Gasteiger partial charge on any atom is -0.453 e. The van der Waals surface area contributed by atoms with Gasteiger partial charge in [0, 0.05) is 25.5 Å². The lowest BCUT2D eigenvalue weighted by Crippen LogP contribution is -2.51. The first-order valence-corrected chi connectivity index (χ1v) is 19.4. The predicted octanol–water partition coefficient (Wildman–Crippen LogP) is 7.29. The number of rotatable bonds is 10. The maximum atomic E-state index is 13.6. The highest BCUT2D eigenvalue weighted by molar-refractivity contribution is 5.86. The van der Waals surface area contributed by atoms with Crippen LogP contribution in [0.25, 0.3) is 33.6 Å². The summed E-state index contributed by atoms with van der Waals surface area (Å²) >= 11 is 0. The van der Waals surface area contributed by atoms with Gasteiger partial charge in [-0.15, -0.1) is 0 Å². The number of imidazole rings is 2. The number of likely N-dealkylation sites (tertiary alicyclic amines) is 2. The summed E-state index contributed by atoms with van der Waals surface area (Å²) in [5.74, 6) is 1.68. The molecular weight excluding hydrogens is 683 g/mol. The minimum atomic E-state index is -0.677. The Labute approximate surface area is 317 Å². The molecule has 12 nitrogen and oxygen atoms in total. The fourth-order valence-corrected chi connectivity index (χ4v) is 8.19. The van der Waals surface area contributed by atoms with Crippen molar-refractivity contribution >= 4 is 17.9 Å². The molecule has 3 aliphatic rings. The Morgan fingerprint density at radius 3 is 1.89 bits per heavy atom. The second kappa shape index (κ2) is 15.4. The van der Waals surface area contributed by atoms with E-state index in [1.165, 1.54) is 7.11 Å². The first kappa shape index (κ1) is 37.3. The van der Waals surface area contributed by atoms with Crippen LogP contribution in [-0.2, 0) is 19.1 Å². The van der Waals surface area contributed by atoms with Gasteiger partial charge < -0.3 is 34.6 Å². The quantitative estimate of drug-likeness (QED) is 0.155. The van der Waals surface area contributed by atoms with Crippen molar-refractivity contribution in [3.63, 3.8) is 0 Å². The zero-order valence-electron chi connectivity index (χ0n) is 32.2. The third kappa shape index (κ3) is 7.40. The Bertz CT molecular complexity index is 1940. The summed E-state index contributed by atoms with van der Waals surface area (Å²) in [5.41, 5.74) is 5.71. The number of methoxy groups -OCH3 is 1. The van der Waals surface area contributed by atoms with Crippen LogP contribution in [0, 0.1) is 17.8 Å². The molecule has 2 aromatic carbocycles. The second-order valence-corrected chi connectivity index (χ2v) is 15.9. The summed E-state index contributed by atoms with van der Waals surface area (Å²) in [5, 5.41) is 2.70. The first-order chi connectivity index (χ1) is 26.0. The van der Waals surface area contributed by atoms with Crippen molar-refractivity contribution in [2.45, 2.75) is 90.4 Å². The van der Waals surface area contributed by atoms with Crippen LogP contribution < -0.4 is 5.32 Å². The molecule has 0 saturated carbocycles. The van der Waals surface area contributed by atoms with Crippen LogP contribution in [0.3, 0.4) is 0 Å². The molecule has 3 fully saturated rings. The number of ether oxygens (including phenoxy) is 2. The van der Waals surface area contributed by atoms with Gasteiger partial charge in [0.2, 0.25) is 11.8 Å². The number of hydrogen-bond donors (Lipinski definition) is 3. The van der Waals surface area contributed by atoms with Gasteiger partial charge in [0.15, 0.2) is 0 Å². The number of nitrogens with one attached hydrogen (secondary N) is 3. The highest BCUT2D eigenvalue weighted by Gasteiger charge is 2.50. The minimum absolute atomic E-state index is 0.0703. The summed E-state index contributed by atoms with van der Waals surface area (Å²) in [4.78, 5) is 59.4. The van der Waals surface area contributed by atoms with Crippen LogP contribution >= 0.6 is 0 Å². The number of carbonyl (C=O) groups is 3. The molecule has 0 radical (unpaired) electrons. The van der Waals surface area contributed by atoms with E-state index in [-0.39, 0.29) is 47.3 Å². The van der Waals surface area contributed by atoms with Crippen molar-refractivity contribution in [3.8, 4) is 33.6 Å². The predicted molar refractivity (Wildman–Crippen MR) is 206 cm³/mol. The Morgan fingerprint density at radius 1 is 0.796 bits per heavy atom. The topological polar surface area (TPSA) is 146 Å². The summed E-state index contributed by atoms with van der Waals surface area (Å²) in [6.07, 6.45) is 7.49. The number of alkyl carbamates (subject to hydrolysis) is 1. The van der Waals surface area contributed by atoms with Crippen molar-refractivity contribution in [3.05, 3.63) is 72.6 Å². The van der Waals surface area contributed by atoms with E-state index in [1.807, 2.05) is 43.0 Å². The largest absolute Gasteiger partial charge is 0.453 e. The summed E-state index contributed by atoms with van der Waals surface area (Å²) in [6.45, 7) is 12.0. The molecule has 5 heterocycles. The van der Waals surface area contributed by atoms with Crippen LogP contribution in [0.5, 0.6) is 0 Å². The van der Waals surface area contributed by atoms with Gasteiger partial charge >= 0.3 is 6.09 Å². The van der Waals surface area contributed by atoms with E-state index in [1.54, 1.807) is 0 Å². The van der Waals surface area contributed by atoms with E-state index >= 15 is 0 Å². The Kier molecular flexibility index (Phi) is 10.7. The zero-order valence-corrected chi connectivity index (χ0v) is 32.2. The van der Waals surface area contributed by atoms with Crippen molar-refractivity contribution in [2.24, 2.45) is 17.8 Å². The van der Waals surface area contributed by atoms with E-state index in [4.69, 9.17) is 14.5 Å². The zero-order chi connectivity index (χ0) is 38.1. The van der Waals surface area contributed by atoms with Crippen LogP contribution in [0.2, 0.25) is 0 Å². The standard InChI is InChI=1S/C42H53N7O5/c1-25(2)27(5)39(50)49-24-42(18-8-20-54-42)21-35(49)38-44-23-33(46-38)31-16-12-29(13-17-31)28-10-14-30(15-11-28)32-22-43-37(45-32)34-9-7-19-48(34)40(51)36(26(3)4)47-41(52)53-6/h10-17,22-23,25-27,34-36H,7-9,18-21,24H2,1-6H3,(H,43,45)(H,44,46)(H,47,52)/t27-,34-,35-,36-,42-/m0/s1. The van der Waals surface area contributed by atoms with Gasteiger partial charge in [-0.1, -0.05) is 83.1 Å². The van der Waals surface area contributed by atoms with Crippen LogP contribution in [-0.4, -0.2) is 86.1 Å². The number of hydrogen-bond acceptors (Lipinski definition) is 7. The van der Waals surface area contributed by atoms with Crippen molar-refractivity contribution in [1.82, 2.24) is 35.1 Å². The monoisotopic (exact) mass is 735 g/mol. The summed E-state index contributed by atoms with van der Waals surface area (Å²) < 4.78 is 11.0. The SMILES string of the molecule is COC(=O)N[C@H](C(=O)N1CCC[C@H]1c1ncc(-c2ccc(-c3ccc(-c4cnc([C@@H]5C[C@@]6(CCCO6)CN5C(=O)[C@@H](C)C(C)C)[nH]4)cc3)cc2)[nH]1)C(C)C. The van der Waals surface area contributed by atoms with Crippen molar-refractivity contribution in [2.75, 3.05) is 26.8 Å². The van der Waals surface area contributed by atoms with E-state index in [0.717, 1.165) is 84.0 Å². The molecule has 2 aromatic heterocycles. The van der Waals surface area contributed by atoms with E-state index in [9.17, 15) is 14.4 Å². The van der Waals surface area contributed by atoms with Crippen LogP contribution in [0.4, 0.5) is 4.79 Å². The van der Waals surface area contributed by atoms with Gasteiger partial charge in [0.05, 0.1) is 55.1 Å². The van der Waals surface area contributed by atoms with E-state index in [0.29, 0.717) is 13.1 Å². The second-order valence-electron chi connectivity index (χ2n) is 15.9. The maximum Gasteiger partial charge on any atom is 0.407 e. The van der Waals surface area contributed by atoms with Crippen LogP contribution in [0.1, 0.15) is 90.5 Å². The number of aromatic amines is 2. The number of aromatic nitrogens is 4. The Balaban J connectivity index is 1.02. The molecule has 3 amide bonds. The molecule has 54 heavy (non-hydrogen) atoms. The van der Waals surface area contributed by atoms with Gasteiger partial charge in [-0.25, -0.2) is 14.8 Å². The third-order valence-corrected chi connectivity index (χ3v) is 11.7. The van der Waals surface area contributed by atoms with Gasteiger partial charge in [0.1, 0.15) is 17.7 Å². The molecule has 3 saturated heterocycles. The highest BCUT2D eigenvalue weighted by Crippen LogP contribution is 2.45. The number of carbonyl (C=O) groups excluding carboxylic acids is 3. The number of nitrogens with zero attached hydrogens (tertiary/aromatic N) is 4. The molecular formula is C42H53N7O5. The fourth-order valence-electron chi connectivity index (χ4n) is 8.19. The van der Waals surface area contributed by atoms with E-state index < -0.39 is 12.1 Å². The van der Waals surface area contributed by atoms with Gasteiger partial charge in [-0.2, -0.15) is 0 Å². The lowest BCUT2D eigenvalue weighted by atomic mass is 9.96. The molecule has 3 N–H and O–H groups in total. The molecule has 286 valence electrons. The van der Waals surface area contributed by atoms with Gasteiger partial charge in [-0.05, 0) is 59.8 Å². The third-order valence-electron chi connectivity index (χ3n) is 11.7. The van der Waals surface area contributed by atoms with Crippen molar-refractivity contribution in [1.29, 1.82) is 0 Å². The Hall–Kier alpha value is -4.97. The molecule has 0 aliphatic carbocycles. The lowest BCUT2D eigenvalue weighted by Gasteiger charge is -2.30. The Morgan fingerprint density at radius 2 is 1.37 bits per heavy atom. The molecule has 0 bridgehead atoms. The normalized spacial score (nSPS) is 22.4. The first-order valence-electron chi connectivity index (χ1n) is 19.4. The molecule has 12 heteroatoms. The molecule has 4 aromatic rings. The van der Waals surface area contributed by atoms with Crippen LogP contribution in [0.15, 0.2) is 60.9 Å². The molecule has 7 rings (SSSR count). The average Bonchev–Trinajstić information content (AvgIpc) is 4.03. The summed E-state index contributed by atoms with van der Waals surface area (Å²) in [7, 11) is 1.30. The maximum absolute atomic E-state index is 13.6. The number of H-pyrrole nitrogens is 2. The molecule has 0 unspecified atom stereocenters. The summed E-state index contributed by atoms with van der Waals surface area (Å²) in [6, 6.07) is 15.8. The smallest absolute Gasteiger partial charge is 0.407 e. The lowest BCUT2D eigenvalue weighted by molar-refractivity contribution is -0.138. The van der Waals surface area contributed by atoms with Gasteiger partial charge in [0.25, 0.3) is 0 Å². The molecule has 5 atom stereocenters. The van der Waals surface area contributed by atoms with Crippen molar-refractivity contribution < 1.29 is 23.9 Å². The molecule has 1 spiro atoms. The fraction of sp³-hybridized carbons (Fsp3) is 0.500.